The Labute approximate surface area is 84.9 Å². The molecular weight excluding hydrogens is 196 g/mol. The minimum Gasteiger partial charge on any atom is -0.224 e. The van der Waals surface area contributed by atoms with Gasteiger partial charge in [-0.15, -0.1) is 0 Å². The normalized spacial score (nSPS) is 21.9. The van der Waals surface area contributed by atoms with Gasteiger partial charge < -0.3 is 0 Å². The van der Waals surface area contributed by atoms with E-state index in [0.717, 1.165) is 11.1 Å². The molecule has 0 saturated heterocycles. The van der Waals surface area contributed by atoms with Crippen LogP contribution in [-0.2, 0) is 15.3 Å². The van der Waals surface area contributed by atoms with Gasteiger partial charge in [-0.25, -0.2) is 8.42 Å². The van der Waals surface area contributed by atoms with Gasteiger partial charge in [0.25, 0.3) is 0 Å². The maximum Gasteiger partial charge on any atom is 0.179 e. The number of fused-ring (bicyclic) bond motifs is 1. The van der Waals surface area contributed by atoms with Gasteiger partial charge in [0, 0.05) is 5.41 Å². The zero-order valence-electron chi connectivity index (χ0n) is 8.66. The van der Waals surface area contributed by atoms with Gasteiger partial charge in [-0.05, 0) is 24.1 Å². The third kappa shape index (κ3) is 1.27. The molecule has 3 heteroatoms. The molecule has 0 N–H and O–H groups in total. The largest absolute Gasteiger partial charge is 0.224 e. The molecule has 0 atom stereocenters. The lowest BCUT2D eigenvalue weighted by Gasteiger charge is -2.16. The summed E-state index contributed by atoms with van der Waals surface area (Å²) < 4.78 is 23.6. The molecule has 0 fully saturated rings. The first-order chi connectivity index (χ1) is 6.33. The summed E-state index contributed by atoms with van der Waals surface area (Å²) in [5, 5.41) is 0. The van der Waals surface area contributed by atoms with Crippen LogP contribution in [0.25, 0.3) is 0 Å². The molecule has 0 spiro atoms. The molecule has 1 aromatic rings. The van der Waals surface area contributed by atoms with Crippen molar-refractivity contribution in [3.05, 3.63) is 29.3 Å². The predicted octanol–water partition coefficient (Wildman–Crippen LogP) is 2.06. The summed E-state index contributed by atoms with van der Waals surface area (Å²) in [5.74, 6) is 0.235. The Bertz CT molecular complexity index is 484. The van der Waals surface area contributed by atoms with E-state index in [1.165, 1.54) is 0 Å². The van der Waals surface area contributed by atoms with Gasteiger partial charge in [0.05, 0.1) is 10.6 Å². The van der Waals surface area contributed by atoms with Crippen molar-refractivity contribution < 1.29 is 8.42 Å². The molecule has 0 aliphatic carbocycles. The predicted molar refractivity (Wildman–Crippen MR) is 56.3 cm³/mol. The zero-order chi connectivity index (χ0) is 10.6. The molecule has 1 aromatic carbocycles. The minimum absolute atomic E-state index is 0.234. The van der Waals surface area contributed by atoms with E-state index in [2.05, 4.69) is 0 Å². The second kappa shape index (κ2) is 2.60. The van der Waals surface area contributed by atoms with Crippen LogP contribution in [0.3, 0.4) is 0 Å². The lowest BCUT2D eigenvalue weighted by molar-refractivity contribution is 0.572. The molecule has 2 rings (SSSR count). The molecule has 1 aliphatic heterocycles. The van der Waals surface area contributed by atoms with Gasteiger partial charge in [-0.2, -0.15) is 0 Å². The molecule has 2 nitrogen and oxygen atoms in total. The maximum absolute atomic E-state index is 11.8. The number of hydrogen-bond acceptors (Lipinski definition) is 2. The summed E-state index contributed by atoms with van der Waals surface area (Å²) in [7, 11) is -3.04. The van der Waals surface area contributed by atoms with E-state index >= 15 is 0 Å². The lowest BCUT2D eigenvalue weighted by Crippen LogP contribution is -2.18. The van der Waals surface area contributed by atoms with E-state index in [-0.39, 0.29) is 11.2 Å². The first-order valence-electron chi connectivity index (χ1n) is 4.67. The quantitative estimate of drug-likeness (QED) is 0.657. The number of aryl methyl sites for hydroxylation is 1. The van der Waals surface area contributed by atoms with Crippen molar-refractivity contribution in [3.63, 3.8) is 0 Å². The van der Waals surface area contributed by atoms with Crippen LogP contribution in [-0.4, -0.2) is 14.2 Å². The van der Waals surface area contributed by atoms with Gasteiger partial charge in [0.15, 0.2) is 9.84 Å². The van der Waals surface area contributed by atoms with E-state index in [1.54, 1.807) is 6.07 Å². The molecule has 1 heterocycles. The van der Waals surface area contributed by atoms with Gasteiger partial charge in [0.2, 0.25) is 0 Å². The monoisotopic (exact) mass is 210 g/mol. The van der Waals surface area contributed by atoms with Gasteiger partial charge >= 0.3 is 0 Å². The number of benzene rings is 1. The third-order valence-corrected chi connectivity index (χ3v) is 4.86. The zero-order valence-corrected chi connectivity index (χ0v) is 9.48. The van der Waals surface area contributed by atoms with Crippen molar-refractivity contribution in [2.24, 2.45) is 0 Å². The summed E-state index contributed by atoms with van der Waals surface area (Å²) >= 11 is 0. The Morgan fingerprint density at radius 3 is 2.57 bits per heavy atom. The maximum atomic E-state index is 11.8. The van der Waals surface area contributed by atoms with Crippen LogP contribution in [0.5, 0.6) is 0 Å². The smallest absolute Gasteiger partial charge is 0.179 e. The average Bonchev–Trinajstić information content (AvgIpc) is 2.17. The second-order valence-electron chi connectivity index (χ2n) is 4.64. The van der Waals surface area contributed by atoms with Gasteiger partial charge in [0.1, 0.15) is 0 Å². The standard InChI is InChI=1S/C11H14O2S/c1-8-4-5-9-10(6-8)14(12,13)7-11(9,2)3/h4-6H,7H2,1-3H3. The van der Waals surface area contributed by atoms with Crippen molar-refractivity contribution in [1.29, 1.82) is 0 Å². The molecule has 1 aliphatic rings. The van der Waals surface area contributed by atoms with Crippen molar-refractivity contribution in [1.82, 2.24) is 0 Å². The number of hydrogen-bond donors (Lipinski definition) is 0. The highest BCUT2D eigenvalue weighted by molar-refractivity contribution is 7.91. The Morgan fingerprint density at radius 1 is 1.29 bits per heavy atom. The van der Waals surface area contributed by atoms with Crippen molar-refractivity contribution >= 4 is 9.84 Å². The molecule has 0 unspecified atom stereocenters. The van der Waals surface area contributed by atoms with Crippen molar-refractivity contribution in [2.75, 3.05) is 5.75 Å². The fourth-order valence-corrected chi connectivity index (χ4v) is 4.38. The topological polar surface area (TPSA) is 34.1 Å². The summed E-state index contributed by atoms with van der Waals surface area (Å²) in [6.45, 7) is 5.87. The fourth-order valence-electron chi connectivity index (χ4n) is 2.08. The Balaban J connectivity index is 2.79. The Kier molecular flexibility index (Phi) is 1.80. The highest BCUT2D eigenvalue weighted by Crippen LogP contribution is 2.39. The SMILES string of the molecule is Cc1ccc2c(c1)S(=O)(=O)CC2(C)C. The van der Waals surface area contributed by atoms with E-state index in [0.29, 0.717) is 4.90 Å². The van der Waals surface area contributed by atoms with Crippen LogP contribution in [0.1, 0.15) is 25.0 Å². The van der Waals surface area contributed by atoms with Gasteiger partial charge in [-0.3, -0.25) is 0 Å². The molecule has 0 amide bonds. The molecule has 0 bridgehead atoms. The summed E-state index contributed by atoms with van der Waals surface area (Å²) in [5.41, 5.74) is 1.73. The summed E-state index contributed by atoms with van der Waals surface area (Å²) in [4.78, 5) is 0.530. The van der Waals surface area contributed by atoms with Crippen molar-refractivity contribution in [2.45, 2.75) is 31.1 Å². The fraction of sp³-hybridized carbons (Fsp3) is 0.455. The molecule has 0 saturated carbocycles. The van der Waals surface area contributed by atoms with E-state index < -0.39 is 9.84 Å². The third-order valence-electron chi connectivity index (χ3n) is 2.75. The van der Waals surface area contributed by atoms with Crippen LogP contribution in [0.2, 0.25) is 0 Å². The van der Waals surface area contributed by atoms with Crippen LogP contribution < -0.4 is 0 Å². The van der Waals surface area contributed by atoms with E-state index in [4.69, 9.17) is 0 Å². The van der Waals surface area contributed by atoms with E-state index in [9.17, 15) is 8.42 Å². The highest BCUT2D eigenvalue weighted by atomic mass is 32.2. The Morgan fingerprint density at radius 2 is 1.93 bits per heavy atom. The van der Waals surface area contributed by atoms with Crippen molar-refractivity contribution in [3.8, 4) is 0 Å². The summed E-state index contributed by atoms with van der Waals surface area (Å²) in [6, 6.07) is 5.69. The molecular formula is C11H14O2S. The van der Waals surface area contributed by atoms with Crippen LogP contribution in [0.15, 0.2) is 23.1 Å². The van der Waals surface area contributed by atoms with Crippen LogP contribution >= 0.6 is 0 Å². The van der Waals surface area contributed by atoms with Gasteiger partial charge in [-0.1, -0.05) is 26.0 Å². The molecule has 76 valence electrons. The van der Waals surface area contributed by atoms with E-state index in [1.807, 2.05) is 32.9 Å². The molecule has 0 radical (unpaired) electrons. The number of sulfone groups is 1. The number of rotatable bonds is 0. The lowest BCUT2D eigenvalue weighted by atomic mass is 9.87. The summed E-state index contributed by atoms with van der Waals surface area (Å²) in [6.07, 6.45) is 0. The second-order valence-corrected chi connectivity index (χ2v) is 6.60. The minimum atomic E-state index is -3.04. The van der Waals surface area contributed by atoms with Crippen LogP contribution in [0, 0.1) is 6.92 Å². The Hall–Kier alpha value is -0.830. The first kappa shape index (κ1) is 9.71. The first-order valence-corrected chi connectivity index (χ1v) is 6.32. The molecule has 14 heavy (non-hydrogen) atoms. The average molecular weight is 210 g/mol. The highest BCUT2D eigenvalue weighted by Gasteiger charge is 2.40. The molecule has 0 aromatic heterocycles. The van der Waals surface area contributed by atoms with Crippen LogP contribution in [0.4, 0.5) is 0 Å².